The minimum Gasteiger partial charge on any atom is -0.473 e. The summed E-state index contributed by atoms with van der Waals surface area (Å²) in [6.07, 6.45) is 2.97. The van der Waals surface area contributed by atoms with E-state index in [0.29, 0.717) is 35.8 Å². The molecule has 10 heteroatoms. The summed E-state index contributed by atoms with van der Waals surface area (Å²) in [5.41, 5.74) is 8.02. The Kier molecular flexibility index (Phi) is 7.16. The normalized spacial score (nSPS) is 14.4. The zero-order valence-electron chi connectivity index (χ0n) is 18.9. The Hall–Kier alpha value is -4.52. The molecular formula is C25H24FN7O2. The fraction of sp³-hybridized carbons (Fsp3) is 0.240. The van der Waals surface area contributed by atoms with Crippen LogP contribution in [-0.2, 0) is 6.61 Å². The van der Waals surface area contributed by atoms with Crippen molar-refractivity contribution >= 4 is 11.7 Å². The van der Waals surface area contributed by atoms with Gasteiger partial charge in [0.1, 0.15) is 18.1 Å². The summed E-state index contributed by atoms with van der Waals surface area (Å²) in [6, 6.07) is 15.0. The average molecular weight is 474 g/mol. The van der Waals surface area contributed by atoms with Gasteiger partial charge in [-0.05, 0) is 43.2 Å². The number of ether oxygens (including phenoxy) is 1. The molecule has 0 aliphatic carbocycles. The predicted molar refractivity (Wildman–Crippen MR) is 127 cm³/mol. The zero-order chi connectivity index (χ0) is 24.8. The van der Waals surface area contributed by atoms with Gasteiger partial charge in [0, 0.05) is 48.1 Å². The minimum atomic E-state index is -0.489. The molecule has 1 aliphatic heterocycles. The smallest absolute Gasteiger partial charge is 0.272 e. The highest BCUT2D eigenvalue weighted by atomic mass is 19.1. The number of halogens is 1. The topological polar surface area (TPSA) is 144 Å². The number of nitrogens with zero attached hydrogens (tertiary/aromatic N) is 5. The molecule has 3 aromatic rings. The molecule has 0 unspecified atom stereocenters. The maximum Gasteiger partial charge on any atom is 0.272 e. The first kappa shape index (κ1) is 23.6. The highest BCUT2D eigenvalue weighted by molar-refractivity contribution is 5.98. The Morgan fingerprint density at radius 1 is 1.23 bits per heavy atom. The number of rotatable bonds is 6. The molecule has 0 spiro atoms. The van der Waals surface area contributed by atoms with Crippen LogP contribution in [0.5, 0.6) is 5.88 Å². The first-order valence-corrected chi connectivity index (χ1v) is 11.1. The summed E-state index contributed by atoms with van der Waals surface area (Å²) < 4.78 is 19.8. The van der Waals surface area contributed by atoms with Gasteiger partial charge in [0.05, 0.1) is 11.6 Å². The number of piperidine rings is 1. The van der Waals surface area contributed by atoms with Crippen LogP contribution in [0.4, 0.5) is 4.39 Å². The van der Waals surface area contributed by atoms with Gasteiger partial charge in [-0.3, -0.25) is 9.78 Å². The number of aromatic nitrogens is 2. The fourth-order valence-corrected chi connectivity index (χ4v) is 3.91. The lowest BCUT2D eigenvalue weighted by atomic mass is 9.93. The van der Waals surface area contributed by atoms with Crippen molar-refractivity contribution in [3.8, 4) is 11.9 Å². The number of likely N-dealkylation sites (tertiary alicyclic amines) is 1. The molecule has 35 heavy (non-hydrogen) atoms. The van der Waals surface area contributed by atoms with Crippen molar-refractivity contribution in [1.29, 1.82) is 5.26 Å². The molecule has 0 bridgehead atoms. The van der Waals surface area contributed by atoms with Gasteiger partial charge < -0.3 is 21.2 Å². The van der Waals surface area contributed by atoms with Crippen LogP contribution in [0.2, 0.25) is 0 Å². The Morgan fingerprint density at radius 3 is 2.69 bits per heavy atom. The van der Waals surface area contributed by atoms with Crippen molar-refractivity contribution in [3.63, 3.8) is 0 Å². The van der Waals surface area contributed by atoms with E-state index in [0.717, 1.165) is 18.5 Å². The summed E-state index contributed by atoms with van der Waals surface area (Å²) >= 11 is 0. The third kappa shape index (κ3) is 5.52. The van der Waals surface area contributed by atoms with Crippen LogP contribution in [0, 0.1) is 17.1 Å². The molecular weight excluding hydrogens is 449 g/mol. The summed E-state index contributed by atoms with van der Waals surface area (Å²) in [5.74, 6) is 5.26. The van der Waals surface area contributed by atoms with E-state index in [1.165, 1.54) is 18.3 Å². The van der Waals surface area contributed by atoms with E-state index in [2.05, 4.69) is 15.1 Å². The van der Waals surface area contributed by atoms with Crippen molar-refractivity contribution in [1.82, 2.24) is 14.9 Å². The molecule has 0 radical (unpaired) electrons. The van der Waals surface area contributed by atoms with Gasteiger partial charge in [-0.25, -0.2) is 9.37 Å². The largest absolute Gasteiger partial charge is 0.473 e. The van der Waals surface area contributed by atoms with E-state index >= 15 is 0 Å². The Labute approximate surface area is 201 Å². The van der Waals surface area contributed by atoms with E-state index in [-0.39, 0.29) is 29.8 Å². The third-order valence-corrected chi connectivity index (χ3v) is 5.92. The van der Waals surface area contributed by atoms with E-state index in [1.54, 1.807) is 29.2 Å². The number of nitrogens with two attached hydrogens (primary N) is 2. The third-order valence-electron chi connectivity index (χ3n) is 5.92. The summed E-state index contributed by atoms with van der Waals surface area (Å²) in [7, 11) is 0. The fourth-order valence-electron chi connectivity index (χ4n) is 3.91. The molecule has 2 aromatic heterocycles. The predicted octanol–water partition coefficient (Wildman–Crippen LogP) is 2.67. The number of pyridine rings is 2. The van der Waals surface area contributed by atoms with E-state index in [4.69, 9.17) is 21.6 Å². The summed E-state index contributed by atoms with van der Waals surface area (Å²) in [6.45, 7) is 1.15. The number of hydrogen-bond donors (Lipinski definition) is 2. The lowest BCUT2D eigenvalue weighted by Gasteiger charge is -2.31. The highest BCUT2D eigenvalue weighted by Gasteiger charge is 2.26. The van der Waals surface area contributed by atoms with Crippen molar-refractivity contribution < 1.29 is 13.9 Å². The van der Waals surface area contributed by atoms with Crippen molar-refractivity contribution in [2.45, 2.75) is 25.4 Å². The molecule has 178 valence electrons. The number of hydrazone groups is 1. The molecule has 1 aliphatic rings. The number of nitriles is 1. The molecule has 0 atom stereocenters. The molecule has 1 amide bonds. The molecule has 0 saturated carbocycles. The van der Waals surface area contributed by atoms with Crippen molar-refractivity contribution in [3.05, 3.63) is 88.6 Å². The van der Waals surface area contributed by atoms with Crippen LogP contribution < -0.4 is 16.3 Å². The van der Waals surface area contributed by atoms with Gasteiger partial charge in [-0.15, -0.1) is 0 Å². The van der Waals surface area contributed by atoms with Gasteiger partial charge in [0.2, 0.25) is 5.88 Å². The van der Waals surface area contributed by atoms with E-state index in [1.807, 2.05) is 18.2 Å². The Morgan fingerprint density at radius 2 is 2.03 bits per heavy atom. The standard InChI is InChI=1S/C25H24FN7O2/c26-20-12-16(13-27)4-5-19(20)15-35-23-3-1-2-21(31-23)17-8-10-33(11-9-17)25(34)22-7-6-18(14-30-22)24(28)32-29/h1-7,12,14,17H,8-11,15,29H2,(H2,28,32). The van der Waals surface area contributed by atoms with Gasteiger partial charge in [0.25, 0.3) is 5.91 Å². The lowest BCUT2D eigenvalue weighted by Crippen LogP contribution is -2.38. The monoisotopic (exact) mass is 473 g/mol. The summed E-state index contributed by atoms with van der Waals surface area (Å²) in [4.78, 5) is 23.4. The SMILES string of the molecule is N#Cc1ccc(COc2cccc(C3CCN(C(=O)c4ccc(/C(N)=N/N)cn4)CC3)n2)c(F)c1. The lowest BCUT2D eigenvalue weighted by molar-refractivity contribution is 0.0706. The van der Waals surface area contributed by atoms with E-state index in [9.17, 15) is 9.18 Å². The van der Waals surface area contributed by atoms with E-state index < -0.39 is 5.82 Å². The van der Waals surface area contributed by atoms with Crippen LogP contribution in [0.15, 0.2) is 59.8 Å². The number of amidine groups is 1. The molecule has 1 saturated heterocycles. The van der Waals surface area contributed by atoms with Gasteiger partial charge in [0.15, 0.2) is 5.84 Å². The van der Waals surface area contributed by atoms with Crippen LogP contribution in [-0.4, -0.2) is 39.7 Å². The first-order valence-electron chi connectivity index (χ1n) is 11.1. The molecule has 4 N–H and O–H groups in total. The molecule has 1 aromatic carbocycles. The Bertz CT molecular complexity index is 1280. The number of carbonyl (C=O) groups is 1. The minimum absolute atomic E-state index is 0.00944. The maximum atomic E-state index is 14.1. The number of hydrogen-bond acceptors (Lipinski definition) is 7. The van der Waals surface area contributed by atoms with Crippen LogP contribution in [0.25, 0.3) is 0 Å². The second kappa shape index (κ2) is 10.6. The maximum absolute atomic E-state index is 14.1. The summed E-state index contributed by atoms with van der Waals surface area (Å²) in [5, 5.41) is 12.3. The number of carbonyl (C=O) groups excluding carboxylic acids is 1. The zero-order valence-corrected chi connectivity index (χ0v) is 18.9. The second-order valence-corrected chi connectivity index (χ2v) is 8.12. The van der Waals surface area contributed by atoms with Gasteiger partial charge in [-0.1, -0.05) is 12.1 Å². The second-order valence-electron chi connectivity index (χ2n) is 8.12. The highest BCUT2D eigenvalue weighted by Crippen LogP contribution is 2.28. The Balaban J connectivity index is 1.34. The number of benzene rings is 1. The van der Waals surface area contributed by atoms with Crippen molar-refractivity contribution in [2.75, 3.05) is 13.1 Å². The van der Waals surface area contributed by atoms with Gasteiger partial charge >= 0.3 is 0 Å². The molecule has 9 nitrogen and oxygen atoms in total. The van der Waals surface area contributed by atoms with Crippen LogP contribution in [0.1, 0.15) is 51.6 Å². The molecule has 4 rings (SSSR count). The van der Waals surface area contributed by atoms with Crippen molar-refractivity contribution in [2.24, 2.45) is 16.7 Å². The van der Waals surface area contributed by atoms with Crippen LogP contribution >= 0.6 is 0 Å². The number of amides is 1. The van der Waals surface area contributed by atoms with Gasteiger partial charge in [-0.2, -0.15) is 10.4 Å². The quantitative estimate of drug-likeness (QED) is 0.242. The molecule has 1 fully saturated rings. The average Bonchev–Trinajstić information content (AvgIpc) is 2.91. The molecule has 3 heterocycles. The van der Waals surface area contributed by atoms with Crippen LogP contribution in [0.3, 0.4) is 0 Å². The first-order chi connectivity index (χ1) is 17.0.